The van der Waals surface area contributed by atoms with Gasteiger partial charge in [0.1, 0.15) is 17.2 Å². The van der Waals surface area contributed by atoms with E-state index in [1.165, 1.54) is 17.0 Å². The van der Waals surface area contributed by atoms with Gasteiger partial charge in [0.05, 0.1) is 12.2 Å². The topological polar surface area (TPSA) is 67.4 Å². The van der Waals surface area contributed by atoms with Crippen molar-refractivity contribution in [2.45, 2.75) is 19.4 Å². The van der Waals surface area contributed by atoms with Crippen LogP contribution >= 0.6 is 0 Å². The van der Waals surface area contributed by atoms with Gasteiger partial charge in [0, 0.05) is 11.8 Å². The number of amides is 2. The van der Waals surface area contributed by atoms with Crippen LogP contribution in [0.5, 0.6) is 5.75 Å². The third kappa shape index (κ3) is 3.64. The van der Waals surface area contributed by atoms with Crippen molar-refractivity contribution in [1.82, 2.24) is 9.97 Å². The number of aromatic nitrogens is 2. The van der Waals surface area contributed by atoms with Crippen molar-refractivity contribution in [1.29, 1.82) is 0 Å². The Bertz CT molecular complexity index is 1020. The Morgan fingerprint density at radius 3 is 2.79 bits per heavy atom. The van der Waals surface area contributed by atoms with Crippen molar-refractivity contribution in [3.8, 4) is 17.0 Å². The van der Waals surface area contributed by atoms with Crippen molar-refractivity contribution in [3.63, 3.8) is 0 Å². The lowest BCUT2D eigenvalue weighted by atomic mass is 10.1. The number of nitrogens with zero attached hydrogens (tertiary/aromatic N) is 3. The Morgan fingerprint density at radius 2 is 2.04 bits per heavy atom. The zero-order valence-electron chi connectivity index (χ0n) is 15.5. The fourth-order valence-corrected chi connectivity index (χ4v) is 3.08. The fraction of sp³-hybridized carbons (Fsp3) is 0.190. The first kappa shape index (κ1) is 17.9. The van der Waals surface area contributed by atoms with Crippen LogP contribution in [-0.4, -0.2) is 28.1 Å². The molecular formula is C21H19FN4O2. The van der Waals surface area contributed by atoms with E-state index < -0.39 is 5.60 Å². The van der Waals surface area contributed by atoms with Crippen molar-refractivity contribution in [3.05, 3.63) is 66.6 Å². The maximum atomic E-state index is 13.6. The molecule has 142 valence electrons. The number of carbonyl (C=O) groups is 1. The van der Waals surface area contributed by atoms with E-state index in [4.69, 9.17) is 4.74 Å². The van der Waals surface area contributed by atoms with E-state index in [9.17, 15) is 9.18 Å². The Hall–Kier alpha value is -3.48. The maximum Gasteiger partial charge on any atom is 0.328 e. The molecule has 28 heavy (non-hydrogen) atoms. The van der Waals surface area contributed by atoms with Gasteiger partial charge in [0.15, 0.2) is 11.6 Å². The summed E-state index contributed by atoms with van der Waals surface area (Å²) in [6, 6.07) is 14.6. The summed E-state index contributed by atoms with van der Waals surface area (Å²) in [4.78, 5) is 23.2. The first-order chi connectivity index (χ1) is 13.4. The third-order valence-electron chi connectivity index (χ3n) is 4.29. The SMILES string of the molecule is CC1(C)CN(C(=O)Nc2ccccn2)c2nc(-c3cccc(F)c3)ccc2O1. The average molecular weight is 378 g/mol. The number of benzene rings is 1. The van der Waals surface area contributed by atoms with E-state index in [2.05, 4.69) is 15.3 Å². The lowest BCUT2D eigenvalue weighted by molar-refractivity contribution is 0.106. The summed E-state index contributed by atoms with van der Waals surface area (Å²) in [6.45, 7) is 4.10. The van der Waals surface area contributed by atoms with Gasteiger partial charge in [-0.1, -0.05) is 18.2 Å². The highest BCUT2D eigenvalue weighted by atomic mass is 19.1. The molecule has 1 aliphatic rings. The van der Waals surface area contributed by atoms with E-state index in [1.54, 1.807) is 48.7 Å². The fourth-order valence-electron chi connectivity index (χ4n) is 3.08. The second kappa shape index (κ2) is 6.92. The summed E-state index contributed by atoms with van der Waals surface area (Å²) in [6.07, 6.45) is 1.60. The molecule has 7 heteroatoms. The zero-order valence-corrected chi connectivity index (χ0v) is 15.5. The van der Waals surface area contributed by atoms with E-state index in [1.807, 2.05) is 13.8 Å². The predicted octanol–water partition coefficient (Wildman–Crippen LogP) is 4.49. The normalized spacial score (nSPS) is 14.8. The molecule has 2 aromatic heterocycles. The molecule has 0 saturated carbocycles. The van der Waals surface area contributed by atoms with Crippen molar-refractivity contribution >= 4 is 17.7 Å². The average Bonchev–Trinajstić information content (AvgIpc) is 2.67. The number of urea groups is 1. The quantitative estimate of drug-likeness (QED) is 0.713. The van der Waals surface area contributed by atoms with Gasteiger partial charge in [-0.25, -0.2) is 19.2 Å². The molecule has 0 saturated heterocycles. The Balaban J connectivity index is 1.72. The van der Waals surface area contributed by atoms with Gasteiger partial charge in [-0.05, 0) is 50.2 Å². The number of hydrogen-bond acceptors (Lipinski definition) is 4. The Morgan fingerprint density at radius 1 is 1.18 bits per heavy atom. The third-order valence-corrected chi connectivity index (χ3v) is 4.29. The highest BCUT2D eigenvalue weighted by molar-refractivity contribution is 6.02. The largest absolute Gasteiger partial charge is 0.482 e. The van der Waals surface area contributed by atoms with Crippen LogP contribution in [0.4, 0.5) is 20.8 Å². The van der Waals surface area contributed by atoms with E-state index >= 15 is 0 Å². The lowest BCUT2D eigenvalue weighted by Gasteiger charge is -2.38. The number of halogens is 1. The first-order valence-corrected chi connectivity index (χ1v) is 8.87. The number of fused-ring (bicyclic) bond motifs is 1. The van der Waals surface area contributed by atoms with E-state index in [-0.39, 0.29) is 11.8 Å². The minimum atomic E-state index is -0.587. The van der Waals surface area contributed by atoms with Crippen LogP contribution in [0, 0.1) is 5.82 Å². The van der Waals surface area contributed by atoms with Crippen LogP contribution in [0.25, 0.3) is 11.3 Å². The van der Waals surface area contributed by atoms with E-state index in [0.717, 1.165) is 0 Å². The van der Waals surface area contributed by atoms with Gasteiger partial charge in [-0.2, -0.15) is 0 Å². The van der Waals surface area contributed by atoms with Crippen molar-refractivity contribution in [2.24, 2.45) is 0 Å². The lowest BCUT2D eigenvalue weighted by Crippen LogP contribution is -2.51. The van der Waals surface area contributed by atoms with E-state index in [0.29, 0.717) is 35.2 Å². The number of rotatable bonds is 2. The van der Waals surface area contributed by atoms with Gasteiger partial charge in [-0.3, -0.25) is 10.2 Å². The Kier molecular flexibility index (Phi) is 4.43. The van der Waals surface area contributed by atoms with Crippen LogP contribution in [0.2, 0.25) is 0 Å². The molecule has 3 aromatic rings. The first-order valence-electron chi connectivity index (χ1n) is 8.87. The number of ether oxygens (including phenoxy) is 1. The van der Waals surface area contributed by atoms with Crippen LogP contribution in [-0.2, 0) is 0 Å². The molecule has 0 spiro atoms. The molecule has 0 radical (unpaired) electrons. The second-order valence-corrected chi connectivity index (χ2v) is 7.12. The number of anilines is 2. The number of nitrogens with one attached hydrogen (secondary N) is 1. The predicted molar refractivity (Wildman–Crippen MR) is 105 cm³/mol. The molecule has 1 N–H and O–H groups in total. The molecule has 6 nitrogen and oxygen atoms in total. The standard InChI is InChI=1S/C21H19FN4O2/c1-21(2)13-26(20(27)25-18-8-3-4-11-23-18)19-17(28-21)10-9-16(24-19)14-6-5-7-15(22)12-14/h3-12H,13H2,1-2H3,(H,23,25,27). The zero-order chi connectivity index (χ0) is 19.7. The minimum absolute atomic E-state index is 0.304. The molecule has 4 rings (SSSR count). The monoisotopic (exact) mass is 378 g/mol. The smallest absolute Gasteiger partial charge is 0.328 e. The molecule has 1 aromatic carbocycles. The molecule has 0 atom stereocenters. The van der Waals surface area contributed by atoms with Gasteiger partial charge < -0.3 is 4.74 Å². The maximum absolute atomic E-state index is 13.6. The van der Waals surface area contributed by atoms with Crippen molar-refractivity contribution in [2.75, 3.05) is 16.8 Å². The summed E-state index contributed by atoms with van der Waals surface area (Å²) in [5.41, 5.74) is 0.589. The molecule has 2 amide bonds. The van der Waals surface area contributed by atoms with Crippen molar-refractivity contribution < 1.29 is 13.9 Å². The summed E-state index contributed by atoms with van der Waals surface area (Å²) >= 11 is 0. The van der Waals surface area contributed by atoms with Crippen LogP contribution in [0.1, 0.15) is 13.8 Å². The van der Waals surface area contributed by atoms with Gasteiger partial charge >= 0.3 is 6.03 Å². The summed E-state index contributed by atoms with van der Waals surface area (Å²) in [7, 11) is 0. The molecular weight excluding hydrogens is 359 g/mol. The van der Waals surface area contributed by atoms with Crippen LogP contribution in [0.3, 0.4) is 0 Å². The highest BCUT2D eigenvalue weighted by Crippen LogP contribution is 2.37. The molecule has 0 bridgehead atoms. The highest BCUT2D eigenvalue weighted by Gasteiger charge is 2.36. The molecule has 1 aliphatic heterocycles. The molecule has 0 unspecified atom stereocenters. The summed E-state index contributed by atoms with van der Waals surface area (Å²) in [5, 5.41) is 2.78. The molecule has 0 fully saturated rings. The van der Waals surface area contributed by atoms with Crippen LogP contribution in [0.15, 0.2) is 60.8 Å². The summed E-state index contributed by atoms with van der Waals surface area (Å²) < 4.78 is 19.6. The number of hydrogen-bond donors (Lipinski definition) is 1. The number of pyridine rings is 2. The van der Waals surface area contributed by atoms with Gasteiger partial charge in [0.2, 0.25) is 0 Å². The van der Waals surface area contributed by atoms with Crippen LogP contribution < -0.4 is 15.0 Å². The minimum Gasteiger partial charge on any atom is -0.482 e. The molecule has 0 aliphatic carbocycles. The van der Waals surface area contributed by atoms with Gasteiger partial charge in [-0.15, -0.1) is 0 Å². The Labute approximate surface area is 162 Å². The second-order valence-electron chi connectivity index (χ2n) is 7.12. The molecule has 3 heterocycles. The summed E-state index contributed by atoms with van der Waals surface area (Å²) in [5.74, 6) is 0.973. The number of carbonyl (C=O) groups excluding carboxylic acids is 1. The van der Waals surface area contributed by atoms with Gasteiger partial charge in [0.25, 0.3) is 0 Å².